The molecule has 3 aliphatic rings. The fourth-order valence-corrected chi connectivity index (χ4v) is 4.71. The van der Waals surface area contributed by atoms with E-state index in [2.05, 4.69) is 6.92 Å². The number of anilines is 1. The summed E-state index contributed by atoms with van der Waals surface area (Å²) in [4.78, 5) is 28.6. The van der Waals surface area contributed by atoms with Crippen molar-refractivity contribution in [1.29, 1.82) is 0 Å². The molecule has 2 aliphatic heterocycles. The van der Waals surface area contributed by atoms with E-state index in [9.17, 15) is 9.59 Å². The summed E-state index contributed by atoms with van der Waals surface area (Å²) in [7, 11) is 1.63. The first-order valence-electron chi connectivity index (χ1n) is 9.87. The third-order valence-electron chi connectivity index (χ3n) is 6.41. The summed E-state index contributed by atoms with van der Waals surface area (Å²) < 4.78 is 16.2. The molecule has 1 aliphatic carbocycles. The molecular weight excluding hydrogens is 372 g/mol. The molecule has 0 spiro atoms. The van der Waals surface area contributed by atoms with Gasteiger partial charge in [0.15, 0.2) is 0 Å². The fourth-order valence-electron chi connectivity index (χ4n) is 4.71. The van der Waals surface area contributed by atoms with Gasteiger partial charge in [0.25, 0.3) is 0 Å². The number of methoxy groups -OCH3 is 1. The summed E-state index contributed by atoms with van der Waals surface area (Å²) in [6.45, 7) is 10.7. The Kier molecular flexibility index (Phi) is 4.16. The molecule has 2 heterocycles. The smallest absolute Gasteiger partial charge is 0.415 e. The van der Waals surface area contributed by atoms with Gasteiger partial charge in [0, 0.05) is 11.6 Å². The Hall–Kier alpha value is -2.70. The standard InChI is InChI=1S/C22H28N2O5/c1-20(2,3)29-19(26)24-17-8-7-15(27-6)11-16(17)21(4)12-14(22(21,24)5)13-23-9-10-28-18(23)25/h7-8,11,13H,9-10,12H2,1-6H3/b14-13-/t21-,22-/m1/s1. The number of amides is 2. The maximum atomic E-state index is 13.3. The summed E-state index contributed by atoms with van der Waals surface area (Å²) in [6, 6.07) is 5.77. The van der Waals surface area contributed by atoms with Crippen molar-refractivity contribution in [2.24, 2.45) is 0 Å². The number of cyclic esters (lactones) is 1. The Labute approximate surface area is 171 Å². The summed E-state index contributed by atoms with van der Waals surface area (Å²) >= 11 is 0. The van der Waals surface area contributed by atoms with Gasteiger partial charge >= 0.3 is 12.2 Å². The summed E-state index contributed by atoms with van der Waals surface area (Å²) in [5.41, 5.74) is 1.28. The van der Waals surface area contributed by atoms with Crippen LogP contribution in [0.25, 0.3) is 0 Å². The monoisotopic (exact) mass is 400 g/mol. The summed E-state index contributed by atoms with van der Waals surface area (Å²) in [5, 5.41) is 0. The van der Waals surface area contributed by atoms with Crippen molar-refractivity contribution in [3.05, 3.63) is 35.5 Å². The molecule has 1 saturated heterocycles. The molecule has 0 unspecified atom stereocenters. The van der Waals surface area contributed by atoms with Gasteiger partial charge in [-0.1, -0.05) is 6.92 Å². The second kappa shape index (κ2) is 6.15. The molecule has 0 aromatic heterocycles. The zero-order valence-corrected chi connectivity index (χ0v) is 17.9. The molecule has 7 nitrogen and oxygen atoms in total. The maximum Gasteiger partial charge on any atom is 0.415 e. The molecule has 2 fully saturated rings. The molecule has 4 rings (SSSR count). The zero-order valence-electron chi connectivity index (χ0n) is 17.9. The van der Waals surface area contributed by atoms with E-state index < -0.39 is 17.2 Å². The van der Waals surface area contributed by atoms with E-state index in [-0.39, 0.29) is 11.5 Å². The van der Waals surface area contributed by atoms with Crippen LogP contribution in [0.5, 0.6) is 5.75 Å². The SMILES string of the molecule is COc1ccc2c(c1)[C@@]1(C)C/C(=C/N3CCOC3=O)[C@@]1(C)N2C(=O)OC(C)(C)C. The number of carbonyl (C=O) groups excluding carboxylic acids is 2. The van der Waals surface area contributed by atoms with Crippen LogP contribution in [0.3, 0.4) is 0 Å². The zero-order chi connectivity index (χ0) is 21.2. The molecule has 0 radical (unpaired) electrons. The van der Waals surface area contributed by atoms with Gasteiger partial charge in [0.1, 0.15) is 18.0 Å². The first kappa shape index (κ1) is 19.6. The summed E-state index contributed by atoms with van der Waals surface area (Å²) in [5.74, 6) is 0.749. The molecule has 7 heteroatoms. The lowest BCUT2D eigenvalue weighted by molar-refractivity contribution is 0.0504. The highest BCUT2D eigenvalue weighted by molar-refractivity contribution is 5.97. The minimum absolute atomic E-state index is 0.316. The van der Waals surface area contributed by atoms with Crippen LogP contribution in [0.2, 0.25) is 0 Å². The van der Waals surface area contributed by atoms with E-state index in [0.717, 1.165) is 29.0 Å². The van der Waals surface area contributed by atoms with Gasteiger partial charge in [-0.3, -0.25) is 9.80 Å². The Bertz CT molecular complexity index is 918. The van der Waals surface area contributed by atoms with E-state index in [1.807, 2.05) is 52.1 Å². The molecule has 0 bridgehead atoms. The lowest BCUT2D eigenvalue weighted by atomic mass is 9.52. The van der Waals surface area contributed by atoms with Gasteiger partial charge < -0.3 is 14.2 Å². The third-order valence-corrected chi connectivity index (χ3v) is 6.41. The summed E-state index contributed by atoms with van der Waals surface area (Å²) in [6.07, 6.45) is 1.82. The van der Waals surface area contributed by atoms with Gasteiger partial charge in [0.05, 0.1) is 24.9 Å². The van der Waals surface area contributed by atoms with Crippen molar-refractivity contribution < 1.29 is 23.8 Å². The van der Waals surface area contributed by atoms with Crippen LogP contribution in [-0.2, 0) is 14.9 Å². The number of ether oxygens (including phenoxy) is 3. The highest BCUT2D eigenvalue weighted by Gasteiger charge is 2.68. The van der Waals surface area contributed by atoms with Crippen molar-refractivity contribution in [3.8, 4) is 5.75 Å². The number of hydrogen-bond acceptors (Lipinski definition) is 5. The van der Waals surface area contributed by atoms with Crippen LogP contribution >= 0.6 is 0 Å². The van der Waals surface area contributed by atoms with Crippen LogP contribution in [0.1, 0.15) is 46.6 Å². The Balaban J connectivity index is 1.82. The topological polar surface area (TPSA) is 68.3 Å². The molecule has 29 heavy (non-hydrogen) atoms. The molecule has 1 aromatic rings. The molecule has 1 saturated carbocycles. The van der Waals surface area contributed by atoms with Crippen molar-refractivity contribution in [2.45, 2.75) is 57.6 Å². The Morgan fingerprint density at radius 3 is 2.59 bits per heavy atom. The molecule has 1 aromatic carbocycles. The first-order chi connectivity index (χ1) is 13.5. The van der Waals surface area contributed by atoms with Gasteiger partial charge in [-0.25, -0.2) is 9.59 Å². The average molecular weight is 400 g/mol. The number of carbonyl (C=O) groups is 2. The molecule has 0 N–H and O–H groups in total. The Morgan fingerprint density at radius 1 is 1.28 bits per heavy atom. The van der Waals surface area contributed by atoms with Crippen molar-refractivity contribution in [3.63, 3.8) is 0 Å². The molecule has 2 amide bonds. The highest BCUT2D eigenvalue weighted by atomic mass is 16.6. The molecule has 2 atom stereocenters. The van der Waals surface area contributed by atoms with Crippen LogP contribution in [0.4, 0.5) is 15.3 Å². The van der Waals surface area contributed by atoms with E-state index >= 15 is 0 Å². The molecular formula is C22H28N2O5. The quantitative estimate of drug-likeness (QED) is 0.744. The number of benzene rings is 1. The highest BCUT2D eigenvalue weighted by Crippen LogP contribution is 2.66. The van der Waals surface area contributed by atoms with Gasteiger partial charge in [-0.05, 0) is 63.5 Å². The van der Waals surface area contributed by atoms with E-state index in [0.29, 0.717) is 13.2 Å². The minimum atomic E-state index is -0.646. The number of fused-ring (bicyclic) bond motifs is 3. The number of hydrogen-bond donors (Lipinski definition) is 0. The van der Waals surface area contributed by atoms with E-state index in [4.69, 9.17) is 14.2 Å². The van der Waals surface area contributed by atoms with Crippen molar-refractivity contribution >= 4 is 17.9 Å². The van der Waals surface area contributed by atoms with Crippen LogP contribution in [0, 0.1) is 0 Å². The lowest BCUT2D eigenvalue weighted by Gasteiger charge is -2.57. The van der Waals surface area contributed by atoms with Crippen LogP contribution in [0.15, 0.2) is 30.0 Å². The van der Waals surface area contributed by atoms with Crippen LogP contribution < -0.4 is 9.64 Å². The van der Waals surface area contributed by atoms with E-state index in [1.54, 1.807) is 16.9 Å². The average Bonchev–Trinajstić information content (AvgIpc) is 3.09. The second-order valence-corrected chi connectivity index (χ2v) is 9.24. The molecule has 156 valence electrons. The number of nitrogens with zero attached hydrogens (tertiary/aromatic N) is 2. The third kappa shape index (κ3) is 2.70. The van der Waals surface area contributed by atoms with Crippen molar-refractivity contribution in [2.75, 3.05) is 25.2 Å². The predicted molar refractivity (Wildman–Crippen MR) is 108 cm³/mol. The van der Waals surface area contributed by atoms with Crippen LogP contribution in [-0.4, -0.2) is 48.5 Å². The lowest BCUT2D eigenvalue weighted by Crippen LogP contribution is -2.66. The minimum Gasteiger partial charge on any atom is -0.497 e. The van der Waals surface area contributed by atoms with Crippen molar-refractivity contribution in [1.82, 2.24) is 4.90 Å². The van der Waals surface area contributed by atoms with Gasteiger partial charge in [-0.2, -0.15) is 0 Å². The predicted octanol–water partition coefficient (Wildman–Crippen LogP) is 4.21. The van der Waals surface area contributed by atoms with E-state index in [1.165, 1.54) is 0 Å². The first-order valence-corrected chi connectivity index (χ1v) is 9.87. The fraction of sp³-hybridized carbons (Fsp3) is 0.545. The largest absolute Gasteiger partial charge is 0.497 e. The van der Waals surface area contributed by atoms with Gasteiger partial charge in [0.2, 0.25) is 0 Å². The normalized spacial score (nSPS) is 29.3. The van der Waals surface area contributed by atoms with Gasteiger partial charge in [-0.15, -0.1) is 0 Å². The second-order valence-electron chi connectivity index (χ2n) is 9.24. The number of rotatable bonds is 2. The maximum absolute atomic E-state index is 13.3. The Morgan fingerprint density at radius 2 is 2.00 bits per heavy atom.